The Morgan fingerprint density at radius 3 is 2.03 bits per heavy atom. The number of quaternary nitrogens is 1. The summed E-state index contributed by atoms with van der Waals surface area (Å²) in [5.74, 6) is -0.299. The molecule has 0 unspecified atom stereocenters. The van der Waals surface area contributed by atoms with Crippen LogP contribution in [0.15, 0.2) is 54.1 Å². The Bertz CT molecular complexity index is 1080. The van der Waals surface area contributed by atoms with Crippen LogP contribution in [0.5, 0.6) is 0 Å². The van der Waals surface area contributed by atoms with Gasteiger partial charge in [-0.25, -0.2) is 4.79 Å². The number of hydrogen-bond acceptors (Lipinski definition) is 3. The second-order valence-electron chi connectivity index (χ2n) is 10.00. The molecule has 2 N–H and O–H groups in total. The highest BCUT2D eigenvalue weighted by Crippen LogP contribution is 2.38. The predicted octanol–water partition coefficient (Wildman–Crippen LogP) is 3.94. The Morgan fingerprint density at radius 1 is 0.941 bits per heavy atom. The quantitative estimate of drug-likeness (QED) is 0.467. The number of fused-ring (bicyclic) bond motifs is 2. The molecule has 2 aromatic rings. The number of benzene rings is 2. The van der Waals surface area contributed by atoms with Gasteiger partial charge in [0, 0.05) is 38.4 Å². The smallest absolute Gasteiger partial charge is 0.301 e. The number of hydrogen-bond donors (Lipinski definition) is 1. The zero-order valence-electron chi connectivity index (χ0n) is 19.8. The summed E-state index contributed by atoms with van der Waals surface area (Å²) in [6, 6.07) is 17.4. The molecule has 2 aliphatic heterocycles. The number of likely N-dealkylation sites (tertiary alicyclic amines) is 2. The van der Waals surface area contributed by atoms with Gasteiger partial charge in [-0.2, -0.15) is 0 Å². The molecular formula is C29H34N3O2+. The van der Waals surface area contributed by atoms with Gasteiger partial charge in [0.15, 0.2) is 0 Å². The average molecular weight is 457 g/mol. The number of nitrogens with two attached hydrogens (primary N) is 1. The van der Waals surface area contributed by atoms with E-state index in [-0.39, 0.29) is 11.8 Å². The van der Waals surface area contributed by atoms with E-state index in [1.807, 2.05) is 0 Å². The highest BCUT2D eigenvalue weighted by Gasteiger charge is 2.36. The molecule has 0 spiro atoms. The van der Waals surface area contributed by atoms with Crippen LogP contribution in [-0.4, -0.2) is 61.0 Å². The maximum Gasteiger partial charge on any atom is 0.301 e. The lowest BCUT2D eigenvalue weighted by Gasteiger charge is -2.39. The van der Waals surface area contributed by atoms with E-state index < -0.39 is 0 Å². The van der Waals surface area contributed by atoms with Crippen LogP contribution in [0.3, 0.4) is 0 Å². The second kappa shape index (κ2) is 9.69. The molecule has 0 atom stereocenters. The number of primary amides is 1. The van der Waals surface area contributed by atoms with Crippen molar-refractivity contribution in [2.45, 2.75) is 25.7 Å². The van der Waals surface area contributed by atoms with Crippen LogP contribution >= 0.6 is 0 Å². The third-order valence-corrected chi connectivity index (χ3v) is 8.05. The lowest BCUT2D eigenvalue weighted by Crippen LogP contribution is -2.56. The number of amides is 2. The van der Waals surface area contributed by atoms with Gasteiger partial charge in [-0.3, -0.25) is 14.2 Å². The molecule has 5 nitrogen and oxygen atoms in total. The normalized spacial score (nSPS) is 24.8. The van der Waals surface area contributed by atoms with Gasteiger partial charge in [-0.1, -0.05) is 66.3 Å². The fourth-order valence-corrected chi connectivity index (χ4v) is 5.83. The van der Waals surface area contributed by atoms with E-state index in [9.17, 15) is 9.59 Å². The number of carbonyl (C=O) groups is 2. The molecule has 5 rings (SSSR count). The molecule has 0 radical (unpaired) electrons. The van der Waals surface area contributed by atoms with Gasteiger partial charge < -0.3 is 5.73 Å². The minimum atomic E-state index is -0.225. The van der Waals surface area contributed by atoms with Crippen LogP contribution in [0.4, 0.5) is 0 Å². The lowest BCUT2D eigenvalue weighted by atomic mass is 9.86. The third kappa shape index (κ3) is 4.50. The highest BCUT2D eigenvalue weighted by molar-refractivity contribution is 5.94. The molecule has 2 fully saturated rings. The van der Waals surface area contributed by atoms with Gasteiger partial charge in [0.25, 0.3) is 0 Å². The Morgan fingerprint density at radius 2 is 1.50 bits per heavy atom. The van der Waals surface area contributed by atoms with E-state index in [1.165, 1.54) is 33.4 Å². The molecule has 2 amide bonds. The van der Waals surface area contributed by atoms with Crippen molar-refractivity contribution in [3.05, 3.63) is 76.4 Å². The van der Waals surface area contributed by atoms with Crippen molar-refractivity contribution in [1.29, 1.82) is 0 Å². The van der Waals surface area contributed by atoms with Crippen LogP contribution < -0.4 is 5.73 Å². The summed E-state index contributed by atoms with van der Waals surface area (Å²) in [5.41, 5.74) is 13.6. The van der Waals surface area contributed by atoms with E-state index in [1.54, 1.807) is 0 Å². The summed E-state index contributed by atoms with van der Waals surface area (Å²) in [5, 5.41) is 0. The van der Waals surface area contributed by atoms with Gasteiger partial charge in [-0.05, 0) is 40.7 Å². The molecule has 0 aromatic heterocycles. The molecule has 3 aliphatic rings. The van der Waals surface area contributed by atoms with Crippen molar-refractivity contribution in [3.63, 3.8) is 0 Å². The van der Waals surface area contributed by atoms with Crippen molar-refractivity contribution in [2.75, 3.05) is 39.3 Å². The highest BCUT2D eigenvalue weighted by atomic mass is 16.1. The fourth-order valence-electron chi connectivity index (χ4n) is 5.83. The van der Waals surface area contributed by atoms with E-state index in [0.29, 0.717) is 4.48 Å². The monoisotopic (exact) mass is 456 g/mol. The summed E-state index contributed by atoms with van der Waals surface area (Å²) in [4.78, 5) is 26.0. The molecule has 2 saturated heterocycles. The van der Waals surface area contributed by atoms with Gasteiger partial charge in [-0.15, -0.1) is 0 Å². The first-order valence-corrected chi connectivity index (χ1v) is 12.5. The molecule has 1 aliphatic carbocycles. The Balaban J connectivity index is 1.30. The topological polar surface area (TPSA) is 63.4 Å². The van der Waals surface area contributed by atoms with Crippen molar-refractivity contribution < 1.29 is 14.1 Å². The summed E-state index contributed by atoms with van der Waals surface area (Å²) in [6.45, 7) is 5.20. The molecule has 5 heteroatoms. The van der Waals surface area contributed by atoms with E-state index in [4.69, 9.17) is 5.73 Å². The van der Waals surface area contributed by atoms with E-state index in [0.717, 1.165) is 71.4 Å². The van der Waals surface area contributed by atoms with Crippen LogP contribution in [0.2, 0.25) is 0 Å². The standard InChI is InChI=1S/C29H33N3O2/c30-29(34)25-13-18-32(21-33,19-14-25)20-17-31-15-11-24(12-16-31)28-26-7-3-1-5-22(26)9-10-23-6-2-4-8-27(23)28/h1-10,21,25H,11-20H2,(H-,30,34)/p+1. The van der Waals surface area contributed by atoms with Crippen molar-refractivity contribution in [1.82, 2.24) is 4.90 Å². The van der Waals surface area contributed by atoms with Gasteiger partial charge in [0.2, 0.25) is 5.91 Å². The Kier molecular flexibility index (Phi) is 6.48. The molecule has 2 heterocycles. The number of piperidine rings is 2. The Hall–Kier alpha value is -3.02. The molecular weight excluding hydrogens is 422 g/mol. The summed E-state index contributed by atoms with van der Waals surface area (Å²) < 4.78 is 0.459. The van der Waals surface area contributed by atoms with Crippen molar-refractivity contribution in [3.8, 4) is 0 Å². The predicted molar refractivity (Wildman–Crippen MR) is 136 cm³/mol. The minimum absolute atomic E-state index is 0.0739. The molecule has 0 bridgehead atoms. The fraction of sp³-hybridized carbons (Fsp3) is 0.379. The van der Waals surface area contributed by atoms with Gasteiger partial charge in [0.1, 0.15) is 0 Å². The summed E-state index contributed by atoms with van der Waals surface area (Å²) in [6.07, 6.45) is 9.10. The third-order valence-electron chi connectivity index (χ3n) is 8.05. The number of rotatable bonds is 5. The Labute approximate surface area is 202 Å². The minimum Gasteiger partial charge on any atom is -0.369 e. The van der Waals surface area contributed by atoms with Crippen LogP contribution in [-0.2, 0) is 9.59 Å². The average Bonchev–Trinajstić information content (AvgIpc) is 3.05. The first-order chi connectivity index (χ1) is 16.6. The first-order valence-electron chi connectivity index (χ1n) is 12.5. The zero-order chi connectivity index (χ0) is 23.5. The van der Waals surface area contributed by atoms with E-state index in [2.05, 4.69) is 65.6 Å². The zero-order valence-corrected chi connectivity index (χ0v) is 19.8. The van der Waals surface area contributed by atoms with Gasteiger partial charge in [0.05, 0.1) is 19.6 Å². The first kappa shape index (κ1) is 22.8. The second-order valence-corrected chi connectivity index (χ2v) is 10.00. The SMILES string of the molecule is NC(=O)C1CC[N+](C=O)(CCN2CCC(=C3c4ccccc4C=Cc4ccccc43)CC2)CC1. The maximum atomic E-state index is 12.0. The van der Waals surface area contributed by atoms with Crippen molar-refractivity contribution in [2.24, 2.45) is 11.7 Å². The summed E-state index contributed by atoms with van der Waals surface area (Å²) in [7, 11) is 0. The lowest BCUT2D eigenvalue weighted by molar-refractivity contribution is -0.851. The molecule has 34 heavy (non-hydrogen) atoms. The van der Waals surface area contributed by atoms with Crippen LogP contribution in [0, 0.1) is 5.92 Å². The number of carbonyl (C=O) groups excluding carboxylic acids is 2. The molecule has 0 saturated carbocycles. The van der Waals surface area contributed by atoms with Crippen LogP contribution in [0.1, 0.15) is 47.9 Å². The maximum absolute atomic E-state index is 12.0. The van der Waals surface area contributed by atoms with Crippen molar-refractivity contribution >= 4 is 30.0 Å². The molecule has 2 aromatic carbocycles. The largest absolute Gasteiger partial charge is 0.369 e. The van der Waals surface area contributed by atoms with Gasteiger partial charge >= 0.3 is 6.41 Å². The number of nitrogens with zero attached hydrogens (tertiary/aromatic N) is 2. The molecule has 176 valence electrons. The summed E-state index contributed by atoms with van der Waals surface area (Å²) >= 11 is 0. The van der Waals surface area contributed by atoms with E-state index >= 15 is 0 Å². The van der Waals surface area contributed by atoms with Crippen LogP contribution in [0.25, 0.3) is 17.7 Å².